The van der Waals surface area contributed by atoms with Crippen molar-refractivity contribution >= 4 is 21.6 Å². The molecule has 1 aliphatic carbocycles. The molecule has 2 fully saturated rings. The molecule has 8 heteroatoms. The molecular weight excluding hydrogens is 378 g/mol. The molecule has 0 radical (unpaired) electrons. The van der Waals surface area contributed by atoms with Gasteiger partial charge in [0.1, 0.15) is 4.90 Å². The number of rotatable bonds is 4. The highest BCUT2D eigenvalue weighted by Crippen LogP contribution is 2.49. The number of fused-ring (bicyclic) bond motifs is 2. The molecule has 2 aliphatic heterocycles. The Balaban J connectivity index is 1.50. The van der Waals surface area contributed by atoms with E-state index in [9.17, 15) is 13.2 Å². The number of carbonyl (C=O) groups is 1. The van der Waals surface area contributed by atoms with Gasteiger partial charge in [-0.15, -0.1) is 0 Å². The number of amides is 1. The van der Waals surface area contributed by atoms with Crippen molar-refractivity contribution < 1.29 is 17.7 Å². The zero-order valence-electron chi connectivity index (χ0n) is 15.8. The van der Waals surface area contributed by atoms with Crippen LogP contribution in [0, 0.1) is 12.8 Å². The highest BCUT2D eigenvalue weighted by atomic mass is 32.2. The number of benzene rings is 1. The first-order valence-corrected chi connectivity index (χ1v) is 11.2. The normalized spacial score (nSPS) is 25.5. The maximum atomic E-state index is 13.6. The van der Waals surface area contributed by atoms with Crippen LogP contribution in [0.1, 0.15) is 37.0 Å². The number of sulfonamides is 1. The van der Waals surface area contributed by atoms with E-state index in [1.165, 1.54) is 16.9 Å². The third-order valence-corrected chi connectivity index (χ3v) is 8.53. The Bertz CT molecular complexity index is 1040. The van der Waals surface area contributed by atoms with E-state index in [1.807, 2.05) is 29.2 Å². The quantitative estimate of drug-likeness (QED) is 0.786. The number of aromatic nitrogens is 1. The first-order chi connectivity index (χ1) is 13.4. The molecule has 0 bridgehead atoms. The van der Waals surface area contributed by atoms with Crippen LogP contribution >= 0.6 is 0 Å². The fourth-order valence-electron chi connectivity index (χ4n) is 4.76. The smallest absolute Gasteiger partial charge is 0.248 e. The average Bonchev–Trinajstić information content (AvgIpc) is 3.33. The Kier molecular flexibility index (Phi) is 3.93. The number of hydrogen-bond acceptors (Lipinski definition) is 5. The van der Waals surface area contributed by atoms with Crippen molar-refractivity contribution in [1.82, 2.24) is 9.46 Å². The summed E-state index contributed by atoms with van der Waals surface area (Å²) >= 11 is 0. The Morgan fingerprint density at radius 2 is 2.07 bits per heavy atom. The number of aryl methyl sites for hydroxylation is 1. The highest BCUT2D eigenvalue weighted by Gasteiger charge is 2.56. The van der Waals surface area contributed by atoms with Gasteiger partial charge in [-0.25, -0.2) is 8.42 Å². The number of hydrogen-bond donors (Lipinski definition) is 0. The van der Waals surface area contributed by atoms with Gasteiger partial charge >= 0.3 is 0 Å². The van der Waals surface area contributed by atoms with Crippen molar-refractivity contribution in [1.29, 1.82) is 0 Å². The van der Waals surface area contributed by atoms with Gasteiger partial charge in [0, 0.05) is 25.3 Å². The maximum Gasteiger partial charge on any atom is 0.248 e. The Hall–Kier alpha value is -2.19. The van der Waals surface area contributed by atoms with Crippen LogP contribution in [0.15, 0.2) is 39.9 Å². The second-order valence-electron chi connectivity index (χ2n) is 8.15. The van der Waals surface area contributed by atoms with Gasteiger partial charge < -0.3 is 9.42 Å². The molecule has 1 saturated heterocycles. The molecule has 3 heterocycles. The zero-order valence-corrected chi connectivity index (χ0v) is 16.6. The second kappa shape index (κ2) is 6.15. The van der Waals surface area contributed by atoms with E-state index in [0.29, 0.717) is 18.9 Å². The monoisotopic (exact) mass is 401 g/mol. The summed E-state index contributed by atoms with van der Waals surface area (Å²) < 4.78 is 32.5. The summed E-state index contributed by atoms with van der Waals surface area (Å²) in [6.45, 7) is 2.79. The fraction of sp³-hybridized carbons (Fsp3) is 0.500. The van der Waals surface area contributed by atoms with Gasteiger partial charge in [0.05, 0.1) is 11.6 Å². The molecule has 2 aromatic rings. The molecule has 7 nitrogen and oxygen atoms in total. The van der Waals surface area contributed by atoms with Crippen LogP contribution in [0.4, 0.5) is 5.69 Å². The molecule has 1 atom stereocenters. The SMILES string of the molecule is Cc1oncc1S(=O)(=O)N1CCC2(C1)C(=O)N(CC1CCC1)c1ccccc12. The lowest BCUT2D eigenvalue weighted by atomic mass is 9.81. The lowest BCUT2D eigenvalue weighted by molar-refractivity contribution is -0.122. The van der Waals surface area contributed by atoms with Crippen molar-refractivity contribution in [2.75, 3.05) is 24.5 Å². The van der Waals surface area contributed by atoms with Crippen molar-refractivity contribution in [2.45, 2.75) is 42.9 Å². The van der Waals surface area contributed by atoms with Crippen LogP contribution in [0.25, 0.3) is 0 Å². The summed E-state index contributed by atoms with van der Waals surface area (Å²) in [5, 5.41) is 3.60. The summed E-state index contributed by atoms with van der Waals surface area (Å²) in [5.41, 5.74) is 1.11. The lowest BCUT2D eigenvalue weighted by Crippen LogP contribution is -2.45. The van der Waals surface area contributed by atoms with Crippen LogP contribution in [-0.2, 0) is 20.2 Å². The number of anilines is 1. The largest absolute Gasteiger partial charge is 0.360 e. The number of para-hydroxylation sites is 1. The minimum atomic E-state index is -3.74. The van der Waals surface area contributed by atoms with Crippen LogP contribution in [0.3, 0.4) is 0 Å². The van der Waals surface area contributed by atoms with Gasteiger partial charge in [-0.1, -0.05) is 29.8 Å². The molecule has 148 valence electrons. The van der Waals surface area contributed by atoms with Gasteiger partial charge in [-0.2, -0.15) is 4.31 Å². The molecule has 5 rings (SSSR count). The average molecular weight is 401 g/mol. The topological polar surface area (TPSA) is 83.7 Å². The molecular formula is C20H23N3O4S. The standard InChI is InChI=1S/C20H23N3O4S/c1-14-18(11-21-27-14)28(25,26)22-10-9-20(13-22)16-7-2-3-8-17(16)23(19(20)24)12-15-5-4-6-15/h2-3,7-8,11,15H,4-6,9-10,12-13H2,1H3. The number of carbonyl (C=O) groups excluding carboxylic acids is 1. The van der Waals surface area contributed by atoms with Crippen LogP contribution < -0.4 is 4.90 Å². The Morgan fingerprint density at radius 1 is 1.29 bits per heavy atom. The third kappa shape index (κ3) is 2.40. The molecule has 1 aromatic carbocycles. The van der Waals surface area contributed by atoms with E-state index >= 15 is 0 Å². The predicted octanol–water partition coefficient (Wildman–Crippen LogP) is 2.46. The molecule has 1 unspecified atom stereocenters. The van der Waals surface area contributed by atoms with Crippen LogP contribution in [-0.4, -0.2) is 43.4 Å². The van der Waals surface area contributed by atoms with Gasteiger partial charge in [-0.3, -0.25) is 4.79 Å². The maximum absolute atomic E-state index is 13.6. The van der Waals surface area contributed by atoms with E-state index in [0.717, 1.165) is 30.6 Å². The fourth-order valence-corrected chi connectivity index (χ4v) is 6.34. The van der Waals surface area contributed by atoms with Gasteiger partial charge in [0.2, 0.25) is 15.9 Å². The van der Waals surface area contributed by atoms with Crippen molar-refractivity contribution in [3.63, 3.8) is 0 Å². The third-order valence-electron chi connectivity index (χ3n) is 6.59. The van der Waals surface area contributed by atoms with E-state index < -0.39 is 15.4 Å². The lowest BCUT2D eigenvalue weighted by Gasteiger charge is -2.31. The van der Waals surface area contributed by atoms with Gasteiger partial charge in [0.25, 0.3) is 0 Å². The zero-order chi connectivity index (χ0) is 19.5. The summed E-state index contributed by atoms with van der Waals surface area (Å²) in [6.07, 6.45) is 5.28. The van der Waals surface area contributed by atoms with Crippen molar-refractivity contribution in [2.24, 2.45) is 5.92 Å². The molecule has 1 aromatic heterocycles. The highest BCUT2D eigenvalue weighted by molar-refractivity contribution is 7.89. The summed E-state index contributed by atoms with van der Waals surface area (Å²) in [7, 11) is -3.74. The van der Waals surface area contributed by atoms with Gasteiger partial charge in [-0.05, 0) is 43.7 Å². The first kappa shape index (κ1) is 17.9. The van der Waals surface area contributed by atoms with E-state index in [2.05, 4.69) is 5.16 Å². The van der Waals surface area contributed by atoms with Crippen LogP contribution in [0.5, 0.6) is 0 Å². The molecule has 1 saturated carbocycles. The van der Waals surface area contributed by atoms with E-state index in [4.69, 9.17) is 4.52 Å². The predicted molar refractivity (Wildman–Crippen MR) is 102 cm³/mol. The minimum Gasteiger partial charge on any atom is -0.360 e. The second-order valence-corrected chi connectivity index (χ2v) is 10.1. The molecule has 3 aliphatic rings. The first-order valence-electron chi connectivity index (χ1n) is 9.76. The molecule has 28 heavy (non-hydrogen) atoms. The van der Waals surface area contributed by atoms with Crippen LogP contribution in [0.2, 0.25) is 0 Å². The van der Waals surface area contributed by atoms with Gasteiger partial charge in [0.15, 0.2) is 5.76 Å². The van der Waals surface area contributed by atoms with Crippen molar-refractivity contribution in [3.05, 3.63) is 41.8 Å². The van der Waals surface area contributed by atoms with E-state index in [1.54, 1.807) is 6.92 Å². The molecule has 0 N–H and O–H groups in total. The minimum absolute atomic E-state index is 0.0420. The van der Waals surface area contributed by atoms with Crippen molar-refractivity contribution in [3.8, 4) is 0 Å². The van der Waals surface area contributed by atoms with E-state index in [-0.39, 0.29) is 23.1 Å². The summed E-state index contributed by atoms with van der Waals surface area (Å²) in [6, 6.07) is 7.85. The number of nitrogens with zero attached hydrogens (tertiary/aromatic N) is 3. The summed E-state index contributed by atoms with van der Waals surface area (Å²) in [5.74, 6) is 0.860. The Labute approximate surface area is 164 Å². The molecule has 1 amide bonds. The molecule has 1 spiro atoms. The summed E-state index contributed by atoms with van der Waals surface area (Å²) in [4.78, 5) is 15.5. The Morgan fingerprint density at radius 3 is 2.75 bits per heavy atom.